The van der Waals surface area contributed by atoms with Crippen LogP contribution in [0.1, 0.15) is 12.0 Å². The van der Waals surface area contributed by atoms with Gasteiger partial charge in [-0.3, -0.25) is 14.6 Å². The lowest BCUT2D eigenvalue weighted by atomic mass is 9.87. The van der Waals surface area contributed by atoms with Crippen molar-refractivity contribution in [1.82, 2.24) is 14.7 Å². The highest BCUT2D eigenvalue weighted by atomic mass is 35.5. The Labute approximate surface area is 177 Å². The lowest BCUT2D eigenvalue weighted by Gasteiger charge is -2.45. The Morgan fingerprint density at radius 1 is 1.17 bits per heavy atom. The number of halogens is 1. The second-order valence-electron chi connectivity index (χ2n) is 8.12. The van der Waals surface area contributed by atoms with E-state index in [2.05, 4.69) is 9.80 Å². The van der Waals surface area contributed by atoms with Crippen LogP contribution >= 0.6 is 11.6 Å². The highest BCUT2D eigenvalue weighted by Gasteiger charge is 2.43. The van der Waals surface area contributed by atoms with Crippen LogP contribution in [0.25, 0.3) is 0 Å². The van der Waals surface area contributed by atoms with Crippen molar-refractivity contribution in [2.75, 3.05) is 66.1 Å². The van der Waals surface area contributed by atoms with Gasteiger partial charge in [0.2, 0.25) is 5.91 Å². The van der Waals surface area contributed by atoms with E-state index < -0.39 is 11.7 Å². The van der Waals surface area contributed by atoms with E-state index in [1.165, 1.54) is 0 Å². The maximum atomic E-state index is 12.6. The number of methoxy groups -OCH3 is 1. The molecule has 0 radical (unpaired) electrons. The molecule has 2 N–H and O–H groups in total. The number of ether oxygens (including phenoxy) is 1. The monoisotopic (exact) mass is 425 g/mol. The number of rotatable bonds is 7. The highest BCUT2D eigenvalue weighted by Crippen LogP contribution is 2.25. The van der Waals surface area contributed by atoms with Crippen molar-refractivity contribution >= 4 is 17.5 Å². The molecule has 2 atom stereocenters. The molecule has 8 heteroatoms. The van der Waals surface area contributed by atoms with E-state index in [4.69, 9.17) is 16.3 Å². The fraction of sp³-hybridized carbons (Fsp3) is 0.667. The molecule has 3 rings (SSSR count). The molecule has 0 aromatic heterocycles. The first-order valence-corrected chi connectivity index (χ1v) is 10.6. The minimum absolute atomic E-state index is 0.0415. The standard InChI is InChI=1S/C21H32ClN3O4/c1-29-13-12-23-8-10-24(11-9-23)16-21(28)6-7-25(15-19(21)26)20(27)14-17-2-4-18(22)5-3-17/h2-5,19,26,28H,6-16H2,1H3/t19-,21-/m0/s1. The number of benzene rings is 1. The van der Waals surface area contributed by atoms with Gasteiger partial charge in [0, 0.05) is 64.5 Å². The summed E-state index contributed by atoms with van der Waals surface area (Å²) in [6.07, 6.45) is -0.298. The summed E-state index contributed by atoms with van der Waals surface area (Å²) in [5.74, 6) is -0.0415. The lowest BCUT2D eigenvalue weighted by molar-refractivity contribution is -0.154. The minimum Gasteiger partial charge on any atom is -0.388 e. The molecule has 2 heterocycles. The molecule has 29 heavy (non-hydrogen) atoms. The van der Waals surface area contributed by atoms with E-state index in [0.717, 1.165) is 44.9 Å². The van der Waals surface area contributed by atoms with E-state index in [9.17, 15) is 15.0 Å². The molecule has 162 valence electrons. The van der Waals surface area contributed by atoms with Crippen molar-refractivity contribution in [3.05, 3.63) is 34.9 Å². The van der Waals surface area contributed by atoms with Gasteiger partial charge < -0.3 is 19.8 Å². The number of piperidine rings is 1. The van der Waals surface area contributed by atoms with Crippen LogP contribution in [-0.4, -0.2) is 109 Å². The zero-order valence-corrected chi connectivity index (χ0v) is 17.9. The molecule has 1 aromatic rings. The molecule has 1 aromatic carbocycles. The SMILES string of the molecule is COCCN1CCN(C[C@@]2(O)CCN(C(=O)Cc3ccc(Cl)cc3)C[C@@H]2O)CC1. The van der Waals surface area contributed by atoms with Gasteiger partial charge in [-0.15, -0.1) is 0 Å². The van der Waals surface area contributed by atoms with Crippen LogP contribution in [0.3, 0.4) is 0 Å². The van der Waals surface area contributed by atoms with Gasteiger partial charge in [-0.2, -0.15) is 0 Å². The summed E-state index contributed by atoms with van der Waals surface area (Å²) in [6, 6.07) is 7.21. The quantitative estimate of drug-likeness (QED) is 0.661. The van der Waals surface area contributed by atoms with E-state index in [0.29, 0.717) is 24.5 Å². The molecule has 0 aliphatic carbocycles. The third-order valence-electron chi connectivity index (χ3n) is 6.02. The first-order chi connectivity index (χ1) is 13.9. The Morgan fingerprint density at radius 3 is 2.45 bits per heavy atom. The van der Waals surface area contributed by atoms with Gasteiger partial charge in [-0.05, 0) is 24.1 Å². The Morgan fingerprint density at radius 2 is 1.83 bits per heavy atom. The molecule has 0 unspecified atom stereocenters. The maximum absolute atomic E-state index is 12.6. The number of aliphatic hydroxyl groups excluding tert-OH is 1. The Balaban J connectivity index is 1.47. The zero-order chi connectivity index (χ0) is 20.9. The molecule has 7 nitrogen and oxygen atoms in total. The van der Waals surface area contributed by atoms with Crippen LogP contribution in [0.15, 0.2) is 24.3 Å². The summed E-state index contributed by atoms with van der Waals surface area (Å²) in [4.78, 5) is 18.8. The number of hydrogen-bond acceptors (Lipinski definition) is 6. The van der Waals surface area contributed by atoms with E-state index in [-0.39, 0.29) is 18.9 Å². The molecule has 2 fully saturated rings. The minimum atomic E-state index is -1.17. The Kier molecular flexibility index (Phi) is 7.90. The van der Waals surface area contributed by atoms with Gasteiger partial charge in [-0.1, -0.05) is 23.7 Å². The highest BCUT2D eigenvalue weighted by molar-refractivity contribution is 6.30. The van der Waals surface area contributed by atoms with Crippen LogP contribution in [0.5, 0.6) is 0 Å². The Hall–Kier alpha value is -1.22. The molecule has 2 aliphatic heterocycles. The largest absolute Gasteiger partial charge is 0.388 e. The topological polar surface area (TPSA) is 76.5 Å². The van der Waals surface area contributed by atoms with Crippen molar-refractivity contribution in [3.8, 4) is 0 Å². The lowest BCUT2D eigenvalue weighted by Crippen LogP contribution is -2.62. The predicted molar refractivity (Wildman–Crippen MR) is 112 cm³/mol. The second-order valence-corrected chi connectivity index (χ2v) is 8.56. The zero-order valence-electron chi connectivity index (χ0n) is 17.1. The van der Waals surface area contributed by atoms with Crippen molar-refractivity contribution < 1.29 is 19.7 Å². The number of amides is 1. The normalized spacial score (nSPS) is 26.6. The van der Waals surface area contributed by atoms with Gasteiger partial charge in [0.1, 0.15) is 11.7 Å². The van der Waals surface area contributed by atoms with Crippen LogP contribution in [0.2, 0.25) is 5.02 Å². The van der Waals surface area contributed by atoms with Crippen molar-refractivity contribution in [2.45, 2.75) is 24.5 Å². The summed E-state index contributed by atoms with van der Waals surface area (Å²) < 4.78 is 5.13. The number of carbonyl (C=O) groups is 1. The molecule has 0 spiro atoms. The van der Waals surface area contributed by atoms with Gasteiger partial charge in [-0.25, -0.2) is 0 Å². The fourth-order valence-electron chi connectivity index (χ4n) is 4.04. The number of hydrogen-bond donors (Lipinski definition) is 2. The van der Waals surface area contributed by atoms with Crippen LogP contribution in [-0.2, 0) is 16.0 Å². The molecule has 0 bridgehead atoms. The van der Waals surface area contributed by atoms with Crippen LogP contribution in [0, 0.1) is 0 Å². The maximum Gasteiger partial charge on any atom is 0.227 e. The summed E-state index contributed by atoms with van der Waals surface area (Å²) in [6.45, 7) is 6.28. The first kappa shape index (κ1) is 22.5. The Bertz CT molecular complexity index is 666. The number of nitrogens with zero attached hydrogens (tertiary/aromatic N) is 3. The van der Waals surface area contributed by atoms with Crippen LogP contribution < -0.4 is 0 Å². The number of likely N-dealkylation sites (tertiary alicyclic amines) is 1. The molecular formula is C21H32ClN3O4. The molecule has 1 amide bonds. The van der Waals surface area contributed by atoms with Crippen LogP contribution in [0.4, 0.5) is 0 Å². The summed E-state index contributed by atoms with van der Waals surface area (Å²) in [5.41, 5.74) is -0.285. The average molecular weight is 426 g/mol. The number of β-amino-alcohol motifs (C(OH)–C–C–N with tert-alkyl or cyclic N) is 2. The third-order valence-corrected chi connectivity index (χ3v) is 6.28. The van der Waals surface area contributed by atoms with Crippen molar-refractivity contribution in [1.29, 1.82) is 0 Å². The summed E-state index contributed by atoms with van der Waals surface area (Å²) >= 11 is 5.89. The van der Waals surface area contributed by atoms with E-state index >= 15 is 0 Å². The number of piperazine rings is 1. The molecular weight excluding hydrogens is 394 g/mol. The molecule has 0 saturated carbocycles. The van der Waals surface area contributed by atoms with Gasteiger partial charge >= 0.3 is 0 Å². The van der Waals surface area contributed by atoms with Gasteiger partial charge in [0.05, 0.1) is 13.0 Å². The first-order valence-electron chi connectivity index (χ1n) is 10.3. The smallest absolute Gasteiger partial charge is 0.227 e. The fourth-order valence-corrected chi connectivity index (χ4v) is 4.17. The van der Waals surface area contributed by atoms with Gasteiger partial charge in [0.15, 0.2) is 0 Å². The molecule has 2 saturated heterocycles. The number of carbonyl (C=O) groups excluding carboxylic acids is 1. The van der Waals surface area contributed by atoms with E-state index in [1.54, 1.807) is 24.1 Å². The summed E-state index contributed by atoms with van der Waals surface area (Å²) in [5, 5.41) is 22.3. The van der Waals surface area contributed by atoms with Crippen molar-refractivity contribution in [2.24, 2.45) is 0 Å². The molecule has 2 aliphatic rings. The average Bonchev–Trinajstić information content (AvgIpc) is 2.71. The van der Waals surface area contributed by atoms with E-state index in [1.807, 2.05) is 12.1 Å². The van der Waals surface area contributed by atoms with Gasteiger partial charge in [0.25, 0.3) is 0 Å². The summed E-state index contributed by atoms with van der Waals surface area (Å²) in [7, 11) is 1.71. The second kappa shape index (κ2) is 10.2. The number of aliphatic hydroxyl groups is 2. The third kappa shape index (κ3) is 6.13. The van der Waals surface area contributed by atoms with Crippen molar-refractivity contribution in [3.63, 3.8) is 0 Å². The predicted octanol–water partition coefficient (Wildman–Crippen LogP) is 0.471.